The first kappa shape index (κ1) is 16.0. The van der Waals surface area contributed by atoms with Crippen LogP contribution >= 0.6 is 27.5 Å². The summed E-state index contributed by atoms with van der Waals surface area (Å²) in [6.07, 6.45) is 1.28. The molecule has 1 aromatic heterocycles. The zero-order chi connectivity index (χ0) is 15.6. The summed E-state index contributed by atoms with van der Waals surface area (Å²) in [5.41, 5.74) is 2.28. The monoisotopic (exact) mass is 394 g/mol. The van der Waals surface area contributed by atoms with Gasteiger partial charge in [0.2, 0.25) is 0 Å². The first-order chi connectivity index (χ1) is 9.83. The first-order valence-corrected chi connectivity index (χ1v) is 8.09. The van der Waals surface area contributed by atoms with Crippen molar-refractivity contribution in [3.8, 4) is 0 Å². The number of nitrogens with one attached hydrogen (secondary N) is 2. The van der Waals surface area contributed by atoms with Gasteiger partial charge in [-0.2, -0.15) is 0 Å². The SMILES string of the molecule is NNc1cc(S(=O)(=O)Nc2c(Cl)cc(F)cc2Br)ccn1. The number of rotatable bonds is 4. The smallest absolute Gasteiger partial charge is 0.262 e. The van der Waals surface area contributed by atoms with Crippen molar-refractivity contribution in [3.63, 3.8) is 0 Å². The highest BCUT2D eigenvalue weighted by Crippen LogP contribution is 2.33. The van der Waals surface area contributed by atoms with Gasteiger partial charge in [-0.3, -0.25) is 4.72 Å². The molecule has 21 heavy (non-hydrogen) atoms. The Morgan fingerprint density at radius 3 is 2.67 bits per heavy atom. The van der Waals surface area contributed by atoms with Gasteiger partial charge < -0.3 is 5.43 Å². The van der Waals surface area contributed by atoms with Crippen LogP contribution < -0.4 is 16.0 Å². The number of hydrogen-bond donors (Lipinski definition) is 3. The molecule has 0 bridgehead atoms. The van der Waals surface area contributed by atoms with Gasteiger partial charge in [0.05, 0.1) is 15.6 Å². The number of nitrogen functional groups attached to an aromatic ring is 1. The van der Waals surface area contributed by atoms with Crippen LogP contribution in [0.4, 0.5) is 15.9 Å². The highest BCUT2D eigenvalue weighted by molar-refractivity contribution is 9.10. The Bertz CT molecular complexity index is 765. The fraction of sp³-hybridized carbons (Fsp3) is 0. The van der Waals surface area contributed by atoms with E-state index in [-0.39, 0.29) is 25.9 Å². The van der Waals surface area contributed by atoms with E-state index in [0.29, 0.717) is 0 Å². The Morgan fingerprint density at radius 2 is 2.05 bits per heavy atom. The Kier molecular flexibility index (Phi) is 4.67. The van der Waals surface area contributed by atoms with Crippen LogP contribution in [0.2, 0.25) is 5.02 Å². The summed E-state index contributed by atoms with van der Waals surface area (Å²) in [6.45, 7) is 0. The first-order valence-electron chi connectivity index (χ1n) is 5.43. The summed E-state index contributed by atoms with van der Waals surface area (Å²) in [4.78, 5) is 3.74. The van der Waals surface area contributed by atoms with Crippen LogP contribution in [0, 0.1) is 5.82 Å². The highest BCUT2D eigenvalue weighted by Gasteiger charge is 2.19. The second-order valence-corrected chi connectivity index (χ2v) is 6.81. The molecule has 0 aliphatic carbocycles. The van der Waals surface area contributed by atoms with Gasteiger partial charge in [0.1, 0.15) is 11.6 Å². The van der Waals surface area contributed by atoms with Crippen LogP contribution in [0.5, 0.6) is 0 Å². The Labute approximate surface area is 133 Å². The van der Waals surface area contributed by atoms with E-state index in [9.17, 15) is 12.8 Å². The molecular formula is C11H9BrClFN4O2S. The number of benzene rings is 1. The van der Waals surface area contributed by atoms with E-state index >= 15 is 0 Å². The largest absolute Gasteiger partial charge is 0.308 e. The van der Waals surface area contributed by atoms with Crippen molar-refractivity contribution in [1.29, 1.82) is 0 Å². The maximum Gasteiger partial charge on any atom is 0.262 e. The third kappa shape index (κ3) is 3.62. The normalized spacial score (nSPS) is 11.2. The minimum atomic E-state index is -3.93. The molecule has 6 nitrogen and oxygen atoms in total. The van der Waals surface area contributed by atoms with E-state index in [0.717, 1.165) is 12.1 Å². The van der Waals surface area contributed by atoms with E-state index in [1.807, 2.05) is 0 Å². The zero-order valence-electron chi connectivity index (χ0n) is 10.3. The predicted octanol–water partition coefficient (Wildman–Crippen LogP) is 2.72. The third-order valence-corrected chi connectivity index (χ3v) is 4.70. The average molecular weight is 396 g/mol. The van der Waals surface area contributed by atoms with Crippen LogP contribution in [0.3, 0.4) is 0 Å². The van der Waals surface area contributed by atoms with Crippen LogP contribution in [0.1, 0.15) is 0 Å². The van der Waals surface area contributed by atoms with Crippen LogP contribution in [0.15, 0.2) is 39.8 Å². The number of nitrogens with zero attached hydrogens (tertiary/aromatic N) is 1. The van der Waals surface area contributed by atoms with E-state index in [1.54, 1.807) is 0 Å². The van der Waals surface area contributed by atoms with E-state index in [1.165, 1.54) is 18.3 Å². The van der Waals surface area contributed by atoms with Crippen molar-refractivity contribution in [1.82, 2.24) is 4.98 Å². The van der Waals surface area contributed by atoms with E-state index < -0.39 is 15.8 Å². The van der Waals surface area contributed by atoms with Crippen molar-refractivity contribution in [3.05, 3.63) is 45.8 Å². The third-order valence-electron chi connectivity index (χ3n) is 2.43. The number of sulfonamides is 1. The molecule has 0 atom stereocenters. The maximum atomic E-state index is 13.1. The summed E-state index contributed by atoms with van der Waals surface area (Å²) in [6, 6.07) is 4.63. The molecule has 112 valence electrons. The summed E-state index contributed by atoms with van der Waals surface area (Å²) < 4.78 is 40.2. The average Bonchev–Trinajstić information content (AvgIpc) is 2.43. The van der Waals surface area contributed by atoms with Gasteiger partial charge in [-0.25, -0.2) is 23.6 Å². The van der Waals surface area contributed by atoms with E-state index in [2.05, 4.69) is 31.1 Å². The summed E-state index contributed by atoms with van der Waals surface area (Å²) >= 11 is 8.90. The molecule has 1 aromatic carbocycles. The summed E-state index contributed by atoms with van der Waals surface area (Å²) in [7, 11) is -3.93. The standard InChI is InChI=1S/C11H9BrClFN4O2S/c12-8-3-6(14)4-9(13)11(8)18-21(19,20)7-1-2-16-10(5-7)17-15/h1-5,18H,15H2,(H,16,17). The maximum absolute atomic E-state index is 13.1. The number of aromatic nitrogens is 1. The van der Waals surface area contributed by atoms with Crippen molar-refractivity contribution < 1.29 is 12.8 Å². The van der Waals surface area contributed by atoms with E-state index in [4.69, 9.17) is 17.4 Å². The number of hydrogen-bond acceptors (Lipinski definition) is 5. The minimum absolute atomic E-state index is 0.0390. The van der Waals surface area contributed by atoms with Gasteiger partial charge in [0, 0.05) is 16.7 Å². The number of hydrazine groups is 1. The lowest BCUT2D eigenvalue weighted by molar-refractivity contribution is 0.601. The Hall–Kier alpha value is -1.42. The molecule has 0 aliphatic rings. The van der Waals surface area contributed by atoms with Gasteiger partial charge in [-0.05, 0) is 34.1 Å². The fourth-order valence-electron chi connectivity index (χ4n) is 1.49. The lowest BCUT2D eigenvalue weighted by Gasteiger charge is -2.12. The predicted molar refractivity (Wildman–Crippen MR) is 82.0 cm³/mol. The highest BCUT2D eigenvalue weighted by atomic mass is 79.9. The number of anilines is 2. The molecule has 0 saturated heterocycles. The molecule has 2 rings (SSSR count). The lowest BCUT2D eigenvalue weighted by atomic mass is 10.3. The minimum Gasteiger partial charge on any atom is -0.308 e. The molecular weight excluding hydrogens is 387 g/mol. The quantitative estimate of drug-likeness (QED) is 0.546. The molecule has 0 spiro atoms. The molecule has 2 aromatic rings. The Balaban J connectivity index is 2.42. The Morgan fingerprint density at radius 1 is 1.33 bits per heavy atom. The van der Waals surface area contributed by atoms with Gasteiger partial charge in [-0.15, -0.1) is 0 Å². The molecule has 4 N–H and O–H groups in total. The molecule has 0 radical (unpaired) electrons. The molecule has 0 fully saturated rings. The molecule has 10 heteroatoms. The fourth-order valence-corrected chi connectivity index (χ4v) is 3.69. The lowest BCUT2D eigenvalue weighted by Crippen LogP contribution is -2.15. The second-order valence-electron chi connectivity index (χ2n) is 3.87. The van der Waals surface area contributed by atoms with Crippen LogP contribution in [0.25, 0.3) is 0 Å². The zero-order valence-corrected chi connectivity index (χ0v) is 13.4. The van der Waals surface area contributed by atoms with Crippen LogP contribution in [-0.2, 0) is 10.0 Å². The molecule has 0 unspecified atom stereocenters. The van der Waals surface area contributed by atoms with Crippen molar-refractivity contribution in [2.24, 2.45) is 5.84 Å². The molecule has 0 aliphatic heterocycles. The topological polar surface area (TPSA) is 97.1 Å². The molecule has 0 amide bonds. The van der Waals surface area contributed by atoms with Crippen LogP contribution in [-0.4, -0.2) is 13.4 Å². The van der Waals surface area contributed by atoms with Crippen molar-refractivity contribution in [2.75, 3.05) is 10.1 Å². The summed E-state index contributed by atoms with van der Waals surface area (Å²) in [5, 5.41) is -0.0725. The van der Waals surface area contributed by atoms with Crippen molar-refractivity contribution >= 4 is 49.1 Å². The second kappa shape index (κ2) is 6.14. The van der Waals surface area contributed by atoms with Gasteiger partial charge >= 0.3 is 0 Å². The molecule has 0 saturated carbocycles. The number of halogens is 3. The van der Waals surface area contributed by atoms with Crippen molar-refractivity contribution in [2.45, 2.75) is 4.90 Å². The van der Waals surface area contributed by atoms with Gasteiger partial charge in [0.15, 0.2) is 0 Å². The molecule has 1 heterocycles. The van der Waals surface area contributed by atoms with Gasteiger partial charge in [-0.1, -0.05) is 11.6 Å². The number of pyridine rings is 1. The summed E-state index contributed by atoms with van der Waals surface area (Å²) in [5.74, 6) is 4.77. The number of nitrogens with two attached hydrogens (primary N) is 1. The van der Waals surface area contributed by atoms with Gasteiger partial charge in [0.25, 0.3) is 10.0 Å².